The Kier molecular flexibility index (Phi) is 4.44. The Labute approximate surface area is 152 Å². The van der Waals surface area contributed by atoms with Crippen molar-refractivity contribution in [2.24, 2.45) is 0 Å². The Hall–Kier alpha value is -2.34. The zero-order chi connectivity index (χ0) is 18.1. The molecule has 2 fully saturated rings. The number of amides is 1. The van der Waals surface area contributed by atoms with Gasteiger partial charge < -0.3 is 19.3 Å². The van der Waals surface area contributed by atoms with E-state index in [1.165, 1.54) is 0 Å². The van der Waals surface area contributed by atoms with Crippen LogP contribution in [-0.4, -0.2) is 46.4 Å². The number of carbonyl (C=O) groups is 1. The number of likely N-dealkylation sites (tertiary alicyclic amines) is 1. The number of carbonyl (C=O) groups excluding carboxylic acids is 1. The number of β-amino-alcohol motifs (C(OH)–C–C–N with tert-alkyl or cyclic N) is 1. The van der Waals surface area contributed by atoms with Crippen molar-refractivity contribution in [2.75, 3.05) is 19.7 Å². The number of ether oxygens (including phenoxy) is 1. The fraction of sp³-hybridized carbons (Fsp3) is 0.500. The van der Waals surface area contributed by atoms with Gasteiger partial charge in [0.2, 0.25) is 0 Å². The first-order valence-electron chi connectivity index (χ1n) is 9.20. The highest BCUT2D eigenvalue weighted by atomic mass is 16.5. The molecule has 1 saturated heterocycles. The van der Waals surface area contributed by atoms with Crippen LogP contribution in [-0.2, 0) is 0 Å². The average molecular weight is 356 g/mol. The summed E-state index contributed by atoms with van der Waals surface area (Å²) < 4.78 is 11.0. The molecule has 1 atom stereocenters. The van der Waals surface area contributed by atoms with Gasteiger partial charge in [-0.25, -0.2) is 0 Å². The largest absolute Gasteiger partial charge is 0.491 e. The van der Waals surface area contributed by atoms with E-state index in [4.69, 9.17) is 9.26 Å². The summed E-state index contributed by atoms with van der Waals surface area (Å²) in [5.41, 5.74) is 0.432. The molecule has 4 rings (SSSR count). The van der Waals surface area contributed by atoms with E-state index in [-0.39, 0.29) is 19.1 Å². The van der Waals surface area contributed by atoms with Crippen molar-refractivity contribution in [1.82, 2.24) is 10.1 Å². The summed E-state index contributed by atoms with van der Waals surface area (Å²) in [4.78, 5) is 14.4. The number of hydrogen-bond acceptors (Lipinski definition) is 5. The van der Waals surface area contributed by atoms with Gasteiger partial charge in [-0.2, -0.15) is 0 Å². The predicted octanol–water partition coefficient (Wildman–Crippen LogP) is 2.91. The van der Waals surface area contributed by atoms with Gasteiger partial charge in [-0.1, -0.05) is 22.9 Å². The normalized spacial score (nSPS) is 23.1. The summed E-state index contributed by atoms with van der Waals surface area (Å²) in [6, 6.07) is 9.46. The van der Waals surface area contributed by atoms with Crippen molar-refractivity contribution in [3.8, 4) is 5.75 Å². The van der Waals surface area contributed by atoms with Gasteiger partial charge in [0.05, 0.1) is 6.54 Å². The van der Waals surface area contributed by atoms with E-state index in [2.05, 4.69) is 5.16 Å². The second-order valence-electron chi connectivity index (χ2n) is 7.55. The van der Waals surface area contributed by atoms with Crippen LogP contribution in [0.1, 0.15) is 53.4 Å². The number of aliphatic hydroxyl groups is 1. The van der Waals surface area contributed by atoms with Gasteiger partial charge in [-0.15, -0.1) is 0 Å². The maximum absolute atomic E-state index is 12.7. The lowest BCUT2D eigenvalue weighted by molar-refractivity contribution is -0.0533. The Morgan fingerprint density at radius 2 is 2.15 bits per heavy atom. The highest BCUT2D eigenvalue weighted by Gasteiger charge is 2.37. The number of aromatic nitrogens is 1. The number of benzene rings is 1. The smallest absolute Gasteiger partial charge is 0.276 e. The molecule has 1 aromatic carbocycles. The third kappa shape index (κ3) is 3.75. The van der Waals surface area contributed by atoms with E-state index in [1.54, 1.807) is 11.0 Å². The van der Waals surface area contributed by atoms with E-state index in [0.717, 1.165) is 36.3 Å². The standard InChI is InChI=1S/C20H24N2O4/c1-14-3-7-16(8-4-14)25-13-20(24)9-2-10-22(12-20)19(23)17-11-18(26-21-17)15-5-6-15/h3-4,7-8,11,15,24H,2,5-6,9-10,12-13H2,1H3/t20-/m1/s1. The highest BCUT2D eigenvalue weighted by Crippen LogP contribution is 2.40. The first-order chi connectivity index (χ1) is 12.5. The number of piperidine rings is 1. The quantitative estimate of drug-likeness (QED) is 0.891. The van der Waals surface area contributed by atoms with Crippen molar-refractivity contribution >= 4 is 5.91 Å². The zero-order valence-electron chi connectivity index (χ0n) is 15.0. The van der Waals surface area contributed by atoms with E-state index in [0.29, 0.717) is 24.6 Å². The SMILES string of the molecule is Cc1ccc(OC[C@@]2(O)CCCN(C(=O)c3cc(C4CC4)on3)C2)cc1. The molecule has 1 aliphatic heterocycles. The van der Waals surface area contributed by atoms with Gasteiger partial charge in [0.15, 0.2) is 5.69 Å². The lowest BCUT2D eigenvalue weighted by atomic mass is 9.93. The number of hydrogen-bond donors (Lipinski definition) is 1. The van der Waals surface area contributed by atoms with Crippen molar-refractivity contribution in [3.63, 3.8) is 0 Å². The third-order valence-electron chi connectivity index (χ3n) is 5.10. The number of nitrogens with zero attached hydrogens (tertiary/aromatic N) is 2. The molecular weight excluding hydrogens is 332 g/mol. The summed E-state index contributed by atoms with van der Waals surface area (Å²) in [6.45, 7) is 3.02. The maximum atomic E-state index is 12.7. The van der Waals surface area contributed by atoms with Crippen LogP contribution < -0.4 is 4.74 Å². The predicted molar refractivity (Wildman–Crippen MR) is 95.2 cm³/mol. The van der Waals surface area contributed by atoms with Gasteiger partial charge in [-0.05, 0) is 44.7 Å². The van der Waals surface area contributed by atoms with Crippen LogP contribution in [0.2, 0.25) is 0 Å². The minimum absolute atomic E-state index is 0.159. The van der Waals surface area contributed by atoms with Gasteiger partial charge in [0.1, 0.15) is 23.7 Å². The zero-order valence-corrected chi connectivity index (χ0v) is 15.0. The molecule has 6 heteroatoms. The average Bonchev–Trinajstić information content (AvgIpc) is 3.38. The number of rotatable bonds is 5. The summed E-state index contributed by atoms with van der Waals surface area (Å²) in [7, 11) is 0. The fourth-order valence-electron chi connectivity index (χ4n) is 3.37. The molecule has 138 valence electrons. The van der Waals surface area contributed by atoms with Crippen molar-refractivity contribution in [1.29, 1.82) is 0 Å². The van der Waals surface area contributed by atoms with Crippen molar-refractivity contribution in [2.45, 2.75) is 44.1 Å². The third-order valence-corrected chi connectivity index (χ3v) is 5.10. The minimum Gasteiger partial charge on any atom is -0.491 e. The number of aryl methyl sites for hydroxylation is 1. The molecule has 26 heavy (non-hydrogen) atoms. The Morgan fingerprint density at radius 3 is 2.88 bits per heavy atom. The van der Waals surface area contributed by atoms with Crippen molar-refractivity contribution < 1.29 is 19.2 Å². The molecule has 6 nitrogen and oxygen atoms in total. The second kappa shape index (κ2) is 6.76. The minimum atomic E-state index is -1.05. The van der Waals surface area contributed by atoms with E-state index in [1.807, 2.05) is 31.2 Å². The summed E-state index contributed by atoms with van der Waals surface area (Å²) >= 11 is 0. The molecule has 2 aliphatic rings. The lowest BCUT2D eigenvalue weighted by Crippen LogP contribution is -2.53. The summed E-state index contributed by atoms with van der Waals surface area (Å²) in [6.07, 6.45) is 3.53. The molecule has 1 N–H and O–H groups in total. The molecular formula is C20H24N2O4. The molecule has 0 bridgehead atoms. The molecule has 2 aromatic rings. The Bertz CT molecular complexity index is 781. The fourth-order valence-corrected chi connectivity index (χ4v) is 3.37. The molecule has 0 unspecified atom stereocenters. The molecule has 1 amide bonds. The monoisotopic (exact) mass is 356 g/mol. The van der Waals surface area contributed by atoms with Gasteiger partial charge in [0, 0.05) is 18.5 Å². The van der Waals surface area contributed by atoms with E-state index < -0.39 is 5.60 Å². The summed E-state index contributed by atoms with van der Waals surface area (Å²) in [5.74, 6) is 1.75. The van der Waals surface area contributed by atoms with Crippen LogP contribution >= 0.6 is 0 Å². The van der Waals surface area contributed by atoms with E-state index in [9.17, 15) is 9.90 Å². The van der Waals surface area contributed by atoms with Crippen LogP contribution in [0.3, 0.4) is 0 Å². The molecule has 0 spiro atoms. The molecule has 2 heterocycles. The van der Waals surface area contributed by atoms with Crippen LogP contribution in [0.15, 0.2) is 34.9 Å². The second-order valence-corrected chi connectivity index (χ2v) is 7.55. The van der Waals surface area contributed by atoms with E-state index >= 15 is 0 Å². The van der Waals surface area contributed by atoms with Gasteiger partial charge in [-0.3, -0.25) is 4.79 Å². The maximum Gasteiger partial charge on any atom is 0.276 e. The van der Waals surface area contributed by atoms with Gasteiger partial charge >= 0.3 is 0 Å². The van der Waals surface area contributed by atoms with Crippen LogP contribution in [0.25, 0.3) is 0 Å². The topological polar surface area (TPSA) is 75.8 Å². The molecule has 1 saturated carbocycles. The first-order valence-corrected chi connectivity index (χ1v) is 9.20. The molecule has 1 aromatic heterocycles. The van der Waals surface area contributed by atoms with Crippen LogP contribution in [0, 0.1) is 6.92 Å². The molecule has 0 radical (unpaired) electrons. The van der Waals surface area contributed by atoms with Crippen molar-refractivity contribution in [3.05, 3.63) is 47.3 Å². The highest BCUT2D eigenvalue weighted by molar-refractivity contribution is 5.92. The van der Waals surface area contributed by atoms with Crippen LogP contribution in [0.5, 0.6) is 5.75 Å². The Morgan fingerprint density at radius 1 is 1.38 bits per heavy atom. The van der Waals surface area contributed by atoms with Gasteiger partial charge in [0.25, 0.3) is 5.91 Å². The Balaban J connectivity index is 1.38. The first kappa shape index (κ1) is 17.1. The lowest BCUT2D eigenvalue weighted by Gasteiger charge is -2.38. The molecule has 1 aliphatic carbocycles. The summed E-state index contributed by atoms with van der Waals surface area (Å²) in [5, 5.41) is 14.8. The van der Waals surface area contributed by atoms with Crippen LogP contribution in [0.4, 0.5) is 0 Å².